The number of carbonyl (C=O) groups is 1. The Hall–Kier alpha value is -4.15. The lowest BCUT2D eigenvalue weighted by Crippen LogP contribution is -2.48. The van der Waals surface area contributed by atoms with Crippen molar-refractivity contribution in [3.05, 3.63) is 101 Å². The topological polar surface area (TPSA) is 125 Å². The molecule has 0 fully saturated rings. The molecule has 3 atom stereocenters. The van der Waals surface area contributed by atoms with Crippen molar-refractivity contribution in [3.8, 4) is 5.75 Å². The number of amides is 1. The van der Waals surface area contributed by atoms with Crippen molar-refractivity contribution >= 4 is 28.3 Å². The molecule has 2 unspecified atom stereocenters. The number of para-hydroxylation sites is 1. The summed E-state index contributed by atoms with van der Waals surface area (Å²) in [5.74, 6) is 0.178. The summed E-state index contributed by atoms with van der Waals surface area (Å²) in [7, 11) is -1.39. The van der Waals surface area contributed by atoms with Crippen LogP contribution in [-0.2, 0) is 17.5 Å². The molecule has 4 aromatic rings. The molecule has 3 aromatic carbocycles. The quantitative estimate of drug-likeness (QED) is 0.158. The fourth-order valence-corrected chi connectivity index (χ4v) is 7.43. The fraction of sp³-hybridized carbons (Fsp3) is 0.371. The third-order valence-electron chi connectivity index (χ3n) is 8.62. The van der Waals surface area contributed by atoms with Gasteiger partial charge in [0.15, 0.2) is 0 Å². The van der Waals surface area contributed by atoms with Crippen LogP contribution in [0.2, 0.25) is 0 Å². The van der Waals surface area contributed by atoms with Gasteiger partial charge in [0, 0.05) is 31.1 Å². The van der Waals surface area contributed by atoms with Crippen molar-refractivity contribution in [3.63, 3.8) is 0 Å². The monoisotopic (exact) mass is 628 g/mol. The number of aromatic amines is 1. The molecule has 0 spiro atoms. The van der Waals surface area contributed by atoms with Crippen LogP contribution in [0.3, 0.4) is 0 Å². The smallest absolute Gasteiger partial charge is 0.269 e. The number of hydrogen-bond donors (Lipinski definition) is 4. The number of rotatable bonds is 10. The van der Waals surface area contributed by atoms with Crippen LogP contribution >= 0.6 is 0 Å². The third-order valence-corrected chi connectivity index (χ3v) is 10.1. The Kier molecular flexibility index (Phi) is 9.65. The average Bonchev–Trinajstić information content (AvgIpc) is 3.52. The predicted molar refractivity (Wildman–Crippen MR) is 181 cm³/mol. The summed E-state index contributed by atoms with van der Waals surface area (Å²) in [5, 5.41) is 6.60. The van der Waals surface area contributed by atoms with Gasteiger partial charge in [-0.3, -0.25) is 4.79 Å². The first-order valence-corrected chi connectivity index (χ1v) is 16.6. The minimum absolute atomic E-state index is 0.0775. The maximum atomic E-state index is 13.9. The van der Waals surface area contributed by atoms with E-state index >= 15 is 0 Å². The van der Waals surface area contributed by atoms with Gasteiger partial charge in [-0.1, -0.05) is 43.3 Å². The molecule has 9 nitrogen and oxygen atoms in total. The number of aromatic nitrogens is 2. The Labute approximate surface area is 268 Å². The Morgan fingerprint density at radius 1 is 1.18 bits per heavy atom. The molecule has 1 aromatic heterocycles. The zero-order valence-electron chi connectivity index (χ0n) is 26.9. The number of ether oxygens (including phenoxy) is 1. The summed E-state index contributed by atoms with van der Waals surface area (Å²) >= 11 is 0. The van der Waals surface area contributed by atoms with Crippen LogP contribution in [0.5, 0.6) is 5.75 Å². The number of aryl methyl sites for hydroxylation is 1. The molecule has 5 rings (SSSR count). The van der Waals surface area contributed by atoms with Gasteiger partial charge in [-0.25, -0.2) is 13.5 Å². The second-order valence-electron chi connectivity index (χ2n) is 12.2. The largest absolute Gasteiger partial charge is 0.488 e. The molecular weight excluding hydrogens is 584 g/mol. The van der Waals surface area contributed by atoms with Crippen molar-refractivity contribution in [2.24, 2.45) is 0 Å². The first-order chi connectivity index (χ1) is 21.5. The number of H-pyrrole nitrogens is 1. The molecule has 0 radical (unpaired) electrons. The average molecular weight is 629 g/mol. The molecule has 0 saturated carbocycles. The first kappa shape index (κ1) is 32.2. The van der Waals surface area contributed by atoms with Gasteiger partial charge in [-0.15, -0.1) is 0 Å². The summed E-state index contributed by atoms with van der Waals surface area (Å²) < 4.78 is 22.2. The van der Waals surface area contributed by atoms with Gasteiger partial charge in [-0.2, -0.15) is 0 Å². The van der Waals surface area contributed by atoms with Crippen LogP contribution in [0, 0.1) is 13.8 Å². The van der Waals surface area contributed by atoms with E-state index in [4.69, 9.17) is 10.5 Å². The molecule has 10 heteroatoms. The SMILES string of the molecule is CCNc1ccc(C(c2ccc(C)c(CN3C[C@@H](CC)Oc4ccccc4S3=O)c2)C(C)(C)NC(=O)c2cnc[nH]2)c(C)c1N. The lowest BCUT2D eigenvalue weighted by Gasteiger charge is -2.37. The zero-order valence-corrected chi connectivity index (χ0v) is 27.8. The van der Waals surface area contributed by atoms with Crippen LogP contribution in [0.15, 0.2) is 72.0 Å². The number of benzene rings is 3. The number of nitrogens with zero attached hydrogens (tertiary/aromatic N) is 2. The van der Waals surface area contributed by atoms with Crippen LogP contribution in [0.4, 0.5) is 11.4 Å². The van der Waals surface area contributed by atoms with E-state index in [0.717, 1.165) is 46.5 Å². The normalized spacial score (nSPS) is 17.6. The van der Waals surface area contributed by atoms with E-state index in [0.29, 0.717) is 35.1 Å². The maximum absolute atomic E-state index is 13.9. The van der Waals surface area contributed by atoms with E-state index in [1.807, 2.05) is 62.3 Å². The molecule has 2 heterocycles. The molecule has 0 saturated heterocycles. The van der Waals surface area contributed by atoms with E-state index in [1.54, 1.807) is 0 Å². The van der Waals surface area contributed by atoms with E-state index in [2.05, 4.69) is 58.7 Å². The number of nitrogens with one attached hydrogen (secondary N) is 3. The number of fused-ring (bicyclic) bond motifs is 1. The lowest BCUT2D eigenvalue weighted by atomic mass is 9.74. The minimum Gasteiger partial charge on any atom is -0.488 e. The van der Waals surface area contributed by atoms with Crippen molar-refractivity contribution in [2.45, 2.75) is 77.0 Å². The zero-order chi connectivity index (χ0) is 32.3. The molecular formula is C35H44N6O3S. The minimum atomic E-state index is -1.39. The maximum Gasteiger partial charge on any atom is 0.269 e. The van der Waals surface area contributed by atoms with Crippen molar-refractivity contribution in [1.82, 2.24) is 19.6 Å². The Morgan fingerprint density at radius 3 is 2.67 bits per heavy atom. The van der Waals surface area contributed by atoms with Gasteiger partial charge in [-0.05, 0) is 87.1 Å². The standard InChI is InChI=1S/C35H44N6O3S/c1-7-26-20-41(45(43)31-12-10-9-11-30(31)44-26)19-25-17-24(14-13-22(25)3)32(27-15-16-28(38-8-2)33(36)23(27)4)35(5,6)40-34(42)29-18-37-21-39-29/h9-18,21,26,32,38H,7-8,19-20,36H2,1-6H3,(H,37,39)(H,40,42)/t26-,32?,45?/m1/s1. The molecule has 0 bridgehead atoms. The number of nitrogens with two attached hydrogens (primary N) is 1. The lowest BCUT2D eigenvalue weighted by molar-refractivity contribution is 0.0901. The van der Waals surface area contributed by atoms with Gasteiger partial charge in [0.2, 0.25) is 0 Å². The van der Waals surface area contributed by atoms with E-state index < -0.39 is 16.5 Å². The van der Waals surface area contributed by atoms with Crippen LogP contribution in [-0.4, -0.2) is 49.1 Å². The number of imidazole rings is 1. The highest BCUT2D eigenvalue weighted by Gasteiger charge is 2.36. The van der Waals surface area contributed by atoms with Crippen molar-refractivity contribution in [1.29, 1.82) is 0 Å². The molecule has 1 amide bonds. The highest BCUT2D eigenvalue weighted by Crippen LogP contribution is 2.41. The Bertz CT molecular complexity index is 1690. The molecule has 5 N–H and O–H groups in total. The van der Waals surface area contributed by atoms with Gasteiger partial charge in [0.05, 0.1) is 28.8 Å². The molecule has 238 valence electrons. The summed E-state index contributed by atoms with van der Waals surface area (Å²) in [4.78, 5) is 20.9. The molecule has 1 aliphatic heterocycles. The summed E-state index contributed by atoms with van der Waals surface area (Å²) in [5.41, 5.74) is 13.0. The second-order valence-corrected chi connectivity index (χ2v) is 13.7. The number of anilines is 2. The van der Waals surface area contributed by atoms with Crippen molar-refractivity contribution in [2.75, 3.05) is 24.1 Å². The summed E-state index contributed by atoms with van der Waals surface area (Å²) in [6, 6.07) is 18.1. The Balaban J connectivity index is 1.57. The number of hydrogen-bond acceptors (Lipinski definition) is 6. The highest BCUT2D eigenvalue weighted by atomic mass is 32.2. The Morgan fingerprint density at radius 2 is 1.96 bits per heavy atom. The van der Waals surface area contributed by atoms with Gasteiger partial charge >= 0.3 is 0 Å². The van der Waals surface area contributed by atoms with E-state index in [1.165, 1.54) is 12.5 Å². The molecule has 45 heavy (non-hydrogen) atoms. The first-order valence-electron chi connectivity index (χ1n) is 15.5. The van der Waals surface area contributed by atoms with Gasteiger partial charge < -0.3 is 26.1 Å². The van der Waals surface area contributed by atoms with Crippen LogP contribution in [0.1, 0.15) is 78.3 Å². The number of nitrogen functional groups attached to an aromatic ring is 1. The summed E-state index contributed by atoms with van der Waals surface area (Å²) in [6.45, 7) is 14.1. The predicted octanol–water partition coefficient (Wildman–Crippen LogP) is 6.08. The third kappa shape index (κ3) is 6.77. The van der Waals surface area contributed by atoms with Crippen LogP contribution < -0.4 is 21.1 Å². The van der Waals surface area contributed by atoms with E-state index in [9.17, 15) is 9.00 Å². The van der Waals surface area contributed by atoms with Gasteiger partial charge in [0.25, 0.3) is 5.91 Å². The van der Waals surface area contributed by atoms with Crippen LogP contribution in [0.25, 0.3) is 0 Å². The van der Waals surface area contributed by atoms with Gasteiger partial charge in [0.1, 0.15) is 28.5 Å². The fourth-order valence-electron chi connectivity index (χ4n) is 6.11. The highest BCUT2D eigenvalue weighted by molar-refractivity contribution is 7.82. The van der Waals surface area contributed by atoms with Crippen molar-refractivity contribution < 1.29 is 13.7 Å². The summed E-state index contributed by atoms with van der Waals surface area (Å²) in [6.07, 6.45) is 3.74. The second kappa shape index (κ2) is 13.5. The molecule has 1 aliphatic rings. The molecule has 0 aliphatic carbocycles. The van der Waals surface area contributed by atoms with E-state index in [-0.39, 0.29) is 17.9 Å². The number of carbonyl (C=O) groups excluding carboxylic acids is 1.